The Bertz CT molecular complexity index is 241. The molecule has 1 aliphatic carbocycles. The summed E-state index contributed by atoms with van der Waals surface area (Å²) in [6, 6.07) is 1.96. The zero-order valence-corrected chi connectivity index (χ0v) is 6.33. The van der Waals surface area contributed by atoms with Crippen LogP contribution in [0.1, 0.15) is 6.42 Å². The van der Waals surface area contributed by atoms with Crippen LogP contribution in [0.4, 0.5) is 0 Å². The Labute approximate surface area is 65.3 Å². The smallest absolute Gasteiger partial charge is 0.326 e. The lowest BCUT2D eigenvalue weighted by Gasteiger charge is -2.02. The largest absolute Gasteiger partial charge is 0.468 e. The van der Waals surface area contributed by atoms with Crippen LogP contribution in [0.15, 0.2) is 12.7 Å². The molecule has 0 bridgehead atoms. The Kier molecular flexibility index (Phi) is 1.69. The van der Waals surface area contributed by atoms with E-state index in [9.17, 15) is 4.79 Å². The lowest BCUT2D eigenvalue weighted by atomic mass is 10.1. The van der Waals surface area contributed by atoms with Crippen molar-refractivity contribution in [2.45, 2.75) is 6.42 Å². The molecule has 0 saturated heterocycles. The highest BCUT2D eigenvalue weighted by Gasteiger charge is 2.60. The number of allylic oxidation sites excluding steroid dienone is 1. The molecule has 0 aromatic heterocycles. The lowest BCUT2D eigenvalue weighted by Crippen LogP contribution is -2.17. The summed E-state index contributed by atoms with van der Waals surface area (Å²) in [5.41, 5.74) is -0.906. The lowest BCUT2D eigenvalue weighted by molar-refractivity contribution is -0.145. The molecule has 3 heteroatoms. The van der Waals surface area contributed by atoms with Crippen molar-refractivity contribution in [2.24, 2.45) is 11.3 Å². The zero-order chi connectivity index (χ0) is 8.48. The molecule has 0 N–H and O–H groups in total. The fraction of sp³-hybridized carbons (Fsp3) is 0.500. The van der Waals surface area contributed by atoms with Crippen molar-refractivity contribution in [1.29, 1.82) is 5.26 Å². The van der Waals surface area contributed by atoms with E-state index in [-0.39, 0.29) is 5.92 Å². The maximum absolute atomic E-state index is 11.0. The second kappa shape index (κ2) is 2.39. The summed E-state index contributed by atoms with van der Waals surface area (Å²) >= 11 is 0. The second-order valence-electron chi connectivity index (χ2n) is 2.62. The van der Waals surface area contributed by atoms with Gasteiger partial charge in [-0.05, 0) is 6.42 Å². The van der Waals surface area contributed by atoms with E-state index < -0.39 is 11.4 Å². The highest BCUT2D eigenvalue weighted by atomic mass is 16.5. The summed E-state index contributed by atoms with van der Waals surface area (Å²) in [5, 5.41) is 8.66. The number of esters is 1. The van der Waals surface area contributed by atoms with Gasteiger partial charge in [0.05, 0.1) is 13.2 Å². The maximum Gasteiger partial charge on any atom is 0.326 e. The van der Waals surface area contributed by atoms with Gasteiger partial charge in [0.25, 0.3) is 0 Å². The van der Waals surface area contributed by atoms with Gasteiger partial charge in [0.1, 0.15) is 0 Å². The number of nitriles is 1. The maximum atomic E-state index is 11.0. The minimum absolute atomic E-state index is 0.0139. The molecule has 0 spiro atoms. The SMILES string of the molecule is C=CC1CC1(C#N)C(=O)OC. The van der Waals surface area contributed by atoms with Crippen LogP contribution in [0.3, 0.4) is 0 Å². The van der Waals surface area contributed by atoms with E-state index in [0.29, 0.717) is 6.42 Å². The molecule has 2 unspecified atom stereocenters. The quantitative estimate of drug-likeness (QED) is 0.434. The molecule has 1 aliphatic rings. The third kappa shape index (κ3) is 0.911. The van der Waals surface area contributed by atoms with Gasteiger partial charge < -0.3 is 4.74 Å². The first kappa shape index (κ1) is 7.80. The monoisotopic (exact) mass is 151 g/mol. The number of nitrogens with zero attached hydrogens (tertiary/aromatic N) is 1. The van der Waals surface area contributed by atoms with Crippen molar-refractivity contribution in [3.8, 4) is 6.07 Å². The van der Waals surface area contributed by atoms with E-state index in [4.69, 9.17) is 5.26 Å². The van der Waals surface area contributed by atoms with Crippen molar-refractivity contribution in [3.05, 3.63) is 12.7 Å². The van der Waals surface area contributed by atoms with Gasteiger partial charge in [0.2, 0.25) is 0 Å². The van der Waals surface area contributed by atoms with Gasteiger partial charge in [-0.1, -0.05) is 6.08 Å². The standard InChI is InChI=1S/C8H9NO2/c1-3-6-4-8(6,5-9)7(10)11-2/h3,6H,1,4H2,2H3. The van der Waals surface area contributed by atoms with Crippen LogP contribution in [-0.2, 0) is 9.53 Å². The van der Waals surface area contributed by atoms with Crippen LogP contribution in [-0.4, -0.2) is 13.1 Å². The highest BCUT2D eigenvalue weighted by Crippen LogP contribution is 2.53. The Morgan fingerprint density at radius 3 is 2.91 bits per heavy atom. The van der Waals surface area contributed by atoms with E-state index >= 15 is 0 Å². The Balaban J connectivity index is 2.76. The highest BCUT2D eigenvalue weighted by molar-refractivity contribution is 5.84. The first-order chi connectivity index (χ1) is 5.21. The van der Waals surface area contributed by atoms with Crippen LogP contribution < -0.4 is 0 Å². The van der Waals surface area contributed by atoms with Crippen LogP contribution in [0.2, 0.25) is 0 Å². The van der Waals surface area contributed by atoms with Crippen molar-refractivity contribution >= 4 is 5.97 Å². The Morgan fingerprint density at radius 1 is 2.00 bits per heavy atom. The number of hydrogen-bond donors (Lipinski definition) is 0. The number of carbonyl (C=O) groups excluding carboxylic acids is 1. The molecule has 1 saturated carbocycles. The van der Waals surface area contributed by atoms with Crippen LogP contribution >= 0.6 is 0 Å². The van der Waals surface area contributed by atoms with Gasteiger partial charge >= 0.3 is 5.97 Å². The average Bonchev–Trinajstić information content (AvgIpc) is 2.78. The van der Waals surface area contributed by atoms with Gasteiger partial charge in [-0.25, -0.2) is 0 Å². The summed E-state index contributed by atoms with van der Waals surface area (Å²) < 4.78 is 4.49. The molecule has 0 amide bonds. The predicted octanol–water partition coefficient (Wildman–Crippen LogP) is 0.875. The number of ether oxygens (including phenoxy) is 1. The first-order valence-corrected chi connectivity index (χ1v) is 3.33. The van der Waals surface area contributed by atoms with Crippen molar-refractivity contribution in [1.82, 2.24) is 0 Å². The summed E-state index contributed by atoms with van der Waals surface area (Å²) in [4.78, 5) is 11.0. The zero-order valence-electron chi connectivity index (χ0n) is 6.33. The van der Waals surface area contributed by atoms with Crippen LogP contribution in [0, 0.1) is 22.7 Å². The molecule has 2 atom stereocenters. The summed E-state index contributed by atoms with van der Waals surface area (Å²) in [6.45, 7) is 3.52. The number of methoxy groups -OCH3 is 1. The molecule has 0 aromatic carbocycles. The molecular formula is C8H9NO2. The minimum atomic E-state index is -0.906. The van der Waals surface area contributed by atoms with Crippen molar-refractivity contribution < 1.29 is 9.53 Å². The number of hydrogen-bond acceptors (Lipinski definition) is 3. The molecule has 1 fully saturated rings. The van der Waals surface area contributed by atoms with Gasteiger partial charge in [-0.3, -0.25) is 4.79 Å². The topological polar surface area (TPSA) is 50.1 Å². The van der Waals surface area contributed by atoms with Crippen LogP contribution in [0.5, 0.6) is 0 Å². The van der Waals surface area contributed by atoms with Gasteiger partial charge in [0.15, 0.2) is 5.41 Å². The summed E-state index contributed by atoms with van der Waals surface area (Å²) in [7, 11) is 1.29. The normalized spacial score (nSPS) is 33.6. The fourth-order valence-electron chi connectivity index (χ4n) is 1.16. The molecule has 3 nitrogen and oxygen atoms in total. The predicted molar refractivity (Wildman–Crippen MR) is 38.4 cm³/mol. The fourth-order valence-corrected chi connectivity index (χ4v) is 1.16. The Morgan fingerprint density at radius 2 is 2.64 bits per heavy atom. The third-order valence-electron chi connectivity index (χ3n) is 2.05. The molecule has 0 aliphatic heterocycles. The minimum Gasteiger partial charge on any atom is -0.468 e. The van der Waals surface area contributed by atoms with Crippen molar-refractivity contribution in [2.75, 3.05) is 7.11 Å². The molecular weight excluding hydrogens is 142 g/mol. The summed E-state index contributed by atoms with van der Waals surface area (Å²) in [5.74, 6) is -0.454. The van der Waals surface area contributed by atoms with E-state index in [1.165, 1.54) is 7.11 Å². The van der Waals surface area contributed by atoms with E-state index in [0.717, 1.165) is 0 Å². The van der Waals surface area contributed by atoms with Gasteiger partial charge in [-0.2, -0.15) is 5.26 Å². The van der Waals surface area contributed by atoms with E-state index in [2.05, 4.69) is 11.3 Å². The Hall–Kier alpha value is -1.30. The summed E-state index contributed by atoms with van der Waals surface area (Å²) in [6.07, 6.45) is 2.18. The van der Waals surface area contributed by atoms with Crippen molar-refractivity contribution in [3.63, 3.8) is 0 Å². The molecule has 0 aromatic rings. The van der Waals surface area contributed by atoms with E-state index in [1.807, 2.05) is 6.07 Å². The van der Waals surface area contributed by atoms with Gasteiger partial charge in [-0.15, -0.1) is 6.58 Å². The number of rotatable bonds is 2. The second-order valence-corrected chi connectivity index (χ2v) is 2.62. The molecule has 0 heterocycles. The molecule has 58 valence electrons. The van der Waals surface area contributed by atoms with Gasteiger partial charge in [0, 0.05) is 5.92 Å². The molecule has 1 rings (SSSR count). The molecule has 0 radical (unpaired) electrons. The number of carbonyl (C=O) groups is 1. The van der Waals surface area contributed by atoms with Crippen LogP contribution in [0.25, 0.3) is 0 Å². The van der Waals surface area contributed by atoms with E-state index in [1.54, 1.807) is 6.08 Å². The molecule has 11 heavy (non-hydrogen) atoms. The first-order valence-electron chi connectivity index (χ1n) is 3.33. The third-order valence-corrected chi connectivity index (χ3v) is 2.05. The average molecular weight is 151 g/mol.